The standard InChI is InChI=1S/C12H13BrO2/c1-9-5-6-11(12(14)15)10(8-9)4-2-3-7-13/h2,4-6,8H,3,7H2,1H3,(H,14,15). The van der Waals surface area contributed by atoms with Gasteiger partial charge in [0, 0.05) is 5.33 Å². The molecule has 0 aromatic heterocycles. The first-order valence-electron chi connectivity index (χ1n) is 4.71. The Kier molecular flexibility index (Phi) is 4.56. The van der Waals surface area contributed by atoms with Gasteiger partial charge in [-0.1, -0.05) is 45.8 Å². The van der Waals surface area contributed by atoms with Gasteiger partial charge in [0.05, 0.1) is 5.56 Å². The molecular formula is C12H13BrO2. The van der Waals surface area contributed by atoms with E-state index in [1.807, 2.05) is 31.2 Å². The fraction of sp³-hybridized carbons (Fsp3) is 0.250. The van der Waals surface area contributed by atoms with Gasteiger partial charge in [-0.2, -0.15) is 0 Å². The molecule has 0 amide bonds. The number of carboxylic acids is 1. The Balaban J connectivity index is 3.02. The number of benzene rings is 1. The van der Waals surface area contributed by atoms with Crippen LogP contribution < -0.4 is 0 Å². The van der Waals surface area contributed by atoms with Gasteiger partial charge in [0.1, 0.15) is 0 Å². The molecule has 1 aromatic rings. The quantitative estimate of drug-likeness (QED) is 0.849. The van der Waals surface area contributed by atoms with E-state index in [0.29, 0.717) is 5.56 Å². The van der Waals surface area contributed by atoms with Crippen LogP contribution in [0.1, 0.15) is 27.9 Å². The third kappa shape index (κ3) is 3.51. The minimum Gasteiger partial charge on any atom is -0.478 e. The molecule has 0 heterocycles. The summed E-state index contributed by atoms with van der Waals surface area (Å²) in [6.07, 6.45) is 4.72. The smallest absolute Gasteiger partial charge is 0.336 e. The number of hydrogen-bond donors (Lipinski definition) is 1. The maximum absolute atomic E-state index is 10.9. The second-order valence-corrected chi connectivity index (χ2v) is 4.07. The molecule has 2 nitrogen and oxygen atoms in total. The van der Waals surface area contributed by atoms with E-state index < -0.39 is 5.97 Å². The molecular weight excluding hydrogens is 256 g/mol. The summed E-state index contributed by atoms with van der Waals surface area (Å²) in [5.74, 6) is -0.881. The number of alkyl halides is 1. The summed E-state index contributed by atoms with van der Waals surface area (Å²) < 4.78 is 0. The van der Waals surface area contributed by atoms with Crippen LogP contribution >= 0.6 is 15.9 Å². The third-order valence-electron chi connectivity index (χ3n) is 2.01. The van der Waals surface area contributed by atoms with Gasteiger partial charge >= 0.3 is 5.97 Å². The van der Waals surface area contributed by atoms with E-state index in [0.717, 1.165) is 22.9 Å². The number of carboxylic acid groups (broad SMARTS) is 1. The number of aromatic carboxylic acids is 1. The molecule has 1 rings (SSSR count). The zero-order valence-corrected chi connectivity index (χ0v) is 10.1. The van der Waals surface area contributed by atoms with Crippen LogP contribution in [0.25, 0.3) is 6.08 Å². The van der Waals surface area contributed by atoms with Crippen LogP contribution in [-0.2, 0) is 0 Å². The van der Waals surface area contributed by atoms with Crippen LogP contribution in [0.5, 0.6) is 0 Å². The number of allylic oxidation sites excluding steroid dienone is 1. The largest absolute Gasteiger partial charge is 0.478 e. The lowest BCUT2D eigenvalue weighted by Crippen LogP contribution is -1.99. The summed E-state index contributed by atoms with van der Waals surface area (Å²) >= 11 is 3.32. The number of rotatable bonds is 4. The Hall–Kier alpha value is -1.09. The number of halogens is 1. The minimum atomic E-state index is -0.881. The summed E-state index contributed by atoms with van der Waals surface area (Å²) in [5.41, 5.74) is 2.19. The van der Waals surface area contributed by atoms with E-state index >= 15 is 0 Å². The Morgan fingerprint density at radius 2 is 2.27 bits per heavy atom. The maximum Gasteiger partial charge on any atom is 0.336 e. The molecule has 1 N–H and O–H groups in total. The van der Waals surface area contributed by atoms with Crippen LogP contribution in [0.4, 0.5) is 0 Å². The van der Waals surface area contributed by atoms with Gasteiger partial charge in [-0.05, 0) is 25.0 Å². The average molecular weight is 269 g/mol. The van der Waals surface area contributed by atoms with Crippen molar-refractivity contribution in [1.29, 1.82) is 0 Å². The highest BCUT2D eigenvalue weighted by molar-refractivity contribution is 9.09. The highest BCUT2D eigenvalue weighted by atomic mass is 79.9. The highest BCUT2D eigenvalue weighted by Gasteiger charge is 2.06. The Labute approximate surface area is 97.8 Å². The predicted octanol–water partition coefficient (Wildman–Crippen LogP) is 3.49. The molecule has 0 aliphatic rings. The number of aryl methyl sites for hydroxylation is 1. The highest BCUT2D eigenvalue weighted by Crippen LogP contribution is 2.14. The molecule has 15 heavy (non-hydrogen) atoms. The summed E-state index contributed by atoms with van der Waals surface area (Å²) in [7, 11) is 0. The maximum atomic E-state index is 10.9. The molecule has 0 saturated carbocycles. The minimum absolute atomic E-state index is 0.353. The lowest BCUT2D eigenvalue weighted by molar-refractivity contribution is 0.0696. The monoisotopic (exact) mass is 268 g/mol. The van der Waals surface area contributed by atoms with Gasteiger partial charge in [-0.25, -0.2) is 4.79 Å². The van der Waals surface area contributed by atoms with Gasteiger partial charge in [-0.3, -0.25) is 0 Å². The lowest BCUT2D eigenvalue weighted by Gasteiger charge is -2.02. The first-order valence-corrected chi connectivity index (χ1v) is 5.83. The van der Waals surface area contributed by atoms with Crippen molar-refractivity contribution in [2.45, 2.75) is 13.3 Å². The molecule has 3 heteroatoms. The average Bonchev–Trinajstić information content (AvgIpc) is 2.18. The van der Waals surface area contributed by atoms with E-state index in [9.17, 15) is 4.79 Å². The molecule has 0 saturated heterocycles. The molecule has 0 bridgehead atoms. The second kappa shape index (κ2) is 5.71. The van der Waals surface area contributed by atoms with Crippen molar-refractivity contribution in [3.63, 3.8) is 0 Å². The first-order chi connectivity index (χ1) is 7.15. The van der Waals surface area contributed by atoms with Crippen LogP contribution in [0.3, 0.4) is 0 Å². The van der Waals surface area contributed by atoms with Crippen LogP contribution in [0, 0.1) is 6.92 Å². The summed E-state index contributed by atoms with van der Waals surface area (Å²) in [6, 6.07) is 5.34. The van der Waals surface area contributed by atoms with Crippen molar-refractivity contribution in [2.24, 2.45) is 0 Å². The van der Waals surface area contributed by atoms with Crippen LogP contribution in [-0.4, -0.2) is 16.4 Å². The van der Waals surface area contributed by atoms with E-state index in [-0.39, 0.29) is 0 Å². The van der Waals surface area contributed by atoms with Crippen molar-refractivity contribution in [1.82, 2.24) is 0 Å². The molecule has 0 atom stereocenters. The van der Waals surface area contributed by atoms with Gasteiger partial charge in [0.25, 0.3) is 0 Å². The van der Waals surface area contributed by atoms with E-state index in [2.05, 4.69) is 15.9 Å². The molecule has 0 unspecified atom stereocenters. The van der Waals surface area contributed by atoms with E-state index in [4.69, 9.17) is 5.11 Å². The van der Waals surface area contributed by atoms with Crippen LogP contribution in [0.15, 0.2) is 24.3 Å². The van der Waals surface area contributed by atoms with Gasteiger partial charge in [-0.15, -0.1) is 0 Å². The fourth-order valence-corrected chi connectivity index (χ4v) is 1.55. The number of hydrogen-bond acceptors (Lipinski definition) is 1. The number of carbonyl (C=O) groups is 1. The Bertz CT molecular complexity index is 383. The van der Waals surface area contributed by atoms with Crippen molar-refractivity contribution < 1.29 is 9.90 Å². The SMILES string of the molecule is Cc1ccc(C(=O)O)c(C=CCCBr)c1. The summed E-state index contributed by atoms with van der Waals surface area (Å²) in [4.78, 5) is 10.9. The van der Waals surface area contributed by atoms with Crippen molar-refractivity contribution in [3.8, 4) is 0 Å². The van der Waals surface area contributed by atoms with Crippen molar-refractivity contribution in [3.05, 3.63) is 41.0 Å². The van der Waals surface area contributed by atoms with E-state index in [1.165, 1.54) is 0 Å². The summed E-state index contributed by atoms with van der Waals surface area (Å²) in [6.45, 7) is 1.95. The zero-order chi connectivity index (χ0) is 11.3. The van der Waals surface area contributed by atoms with Crippen molar-refractivity contribution >= 4 is 28.0 Å². The molecule has 0 fully saturated rings. The Morgan fingerprint density at radius 3 is 2.87 bits per heavy atom. The van der Waals surface area contributed by atoms with E-state index in [1.54, 1.807) is 6.07 Å². The molecule has 0 spiro atoms. The molecule has 0 radical (unpaired) electrons. The normalized spacial score (nSPS) is 10.8. The van der Waals surface area contributed by atoms with Crippen LogP contribution in [0.2, 0.25) is 0 Å². The molecule has 0 aliphatic carbocycles. The second-order valence-electron chi connectivity index (χ2n) is 3.28. The van der Waals surface area contributed by atoms with Gasteiger partial charge in [0.2, 0.25) is 0 Å². The third-order valence-corrected chi connectivity index (χ3v) is 2.47. The predicted molar refractivity (Wildman–Crippen MR) is 65.6 cm³/mol. The molecule has 1 aromatic carbocycles. The van der Waals surface area contributed by atoms with Crippen molar-refractivity contribution in [2.75, 3.05) is 5.33 Å². The summed E-state index contributed by atoms with van der Waals surface area (Å²) in [5, 5.41) is 9.86. The Morgan fingerprint density at radius 1 is 1.53 bits per heavy atom. The molecule has 80 valence electrons. The topological polar surface area (TPSA) is 37.3 Å². The first kappa shape index (κ1) is 12.0. The fourth-order valence-electron chi connectivity index (χ4n) is 1.29. The molecule has 0 aliphatic heterocycles. The lowest BCUT2D eigenvalue weighted by atomic mass is 10.0. The van der Waals surface area contributed by atoms with Gasteiger partial charge in [0.15, 0.2) is 0 Å². The van der Waals surface area contributed by atoms with Gasteiger partial charge < -0.3 is 5.11 Å². The zero-order valence-electron chi connectivity index (χ0n) is 8.53.